The first-order chi connectivity index (χ1) is 18.9. The molecule has 0 aliphatic heterocycles. The number of benzene rings is 4. The van der Waals surface area contributed by atoms with Crippen molar-refractivity contribution in [3.05, 3.63) is 119 Å². The number of aldehydes is 1. The van der Waals surface area contributed by atoms with Crippen LogP contribution in [0.15, 0.2) is 97.1 Å². The van der Waals surface area contributed by atoms with Crippen LogP contribution in [0.5, 0.6) is 0 Å². The molecule has 0 spiro atoms. The van der Waals surface area contributed by atoms with Gasteiger partial charge in [0.1, 0.15) is 12.9 Å². The monoisotopic (exact) mass is 518 g/mol. The lowest BCUT2D eigenvalue weighted by atomic mass is 9.97. The first kappa shape index (κ1) is 26.2. The van der Waals surface area contributed by atoms with E-state index in [1.165, 1.54) is 0 Å². The highest BCUT2D eigenvalue weighted by molar-refractivity contribution is 6.35. The minimum absolute atomic E-state index is 0.0832. The quantitative estimate of drug-likeness (QED) is 0.185. The third-order valence-electron chi connectivity index (χ3n) is 7.22. The molecule has 196 valence electrons. The molecule has 4 N–H and O–H groups in total. The van der Waals surface area contributed by atoms with Crippen LogP contribution < -0.4 is 11.5 Å². The smallest absolute Gasteiger partial charge is 0.376 e. The third kappa shape index (κ3) is 5.72. The van der Waals surface area contributed by atoms with E-state index in [1.54, 1.807) is 0 Å². The molecule has 0 saturated heterocycles. The Bertz CT molecular complexity index is 1450. The maximum absolute atomic E-state index is 12.7. The minimum atomic E-state index is -0.993. The molecule has 0 aromatic heterocycles. The summed E-state index contributed by atoms with van der Waals surface area (Å²) in [6, 6.07) is 30.2. The molecule has 0 unspecified atom stereocenters. The van der Waals surface area contributed by atoms with Crippen molar-refractivity contribution >= 4 is 18.0 Å². The van der Waals surface area contributed by atoms with Crippen LogP contribution in [0.25, 0.3) is 22.3 Å². The van der Waals surface area contributed by atoms with Crippen LogP contribution >= 0.6 is 0 Å². The van der Waals surface area contributed by atoms with Gasteiger partial charge < -0.3 is 21.0 Å². The molecule has 6 nitrogen and oxygen atoms in total. The van der Waals surface area contributed by atoms with E-state index in [-0.39, 0.29) is 18.9 Å². The SMILES string of the molecule is N[C@H](C=O)Cc1ccc(-c2ccc(C[C@H](N)C(=O)C(=O)OCC3c4ccccc4-c4ccccc43)cc2)cc1. The van der Waals surface area contributed by atoms with E-state index in [0.717, 1.165) is 50.8 Å². The average molecular weight is 519 g/mol. The highest BCUT2D eigenvalue weighted by atomic mass is 16.5. The van der Waals surface area contributed by atoms with E-state index in [4.69, 9.17) is 16.2 Å². The van der Waals surface area contributed by atoms with Gasteiger partial charge in [-0.1, -0.05) is 97.1 Å². The third-order valence-corrected chi connectivity index (χ3v) is 7.22. The van der Waals surface area contributed by atoms with Gasteiger partial charge in [-0.15, -0.1) is 0 Å². The Morgan fingerprint density at radius 2 is 1.21 bits per heavy atom. The second-order valence-electron chi connectivity index (χ2n) is 9.90. The standard InChI is InChI=1S/C33H30N2O4/c34-25(19-36)17-21-9-13-23(14-10-21)24-15-11-22(12-16-24)18-31(35)32(37)33(38)39-20-30-28-7-3-1-5-26(28)27-6-2-4-8-29(27)30/h1-16,19,25,30-31H,17-18,20,34-35H2/t25-,31-/m0/s1. The van der Waals surface area contributed by atoms with E-state index in [1.807, 2.05) is 84.9 Å². The van der Waals surface area contributed by atoms with Gasteiger partial charge in [0.15, 0.2) is 0 Å². The van der Waals surface area contributed by atoms with Gasteiger partial charge in [-0.25, -0.2) is 4.79 Å². The van der Waals surface area contributed by atoms with Crippen LogP contribution in [0.3, 0.4) is 0 Å². The highest BCUT2D eigenvalue weighted by Gasteiger charge is 2.31. The van der Waals surface area contributed by atoms with E-state index < -0.39 is 23.8 Å². The largest absolute Gasteiger partial charge is 0.459 e. The average Bonchev–Trinajstić information content (AvgIpc) is 3.29. The van der Waals surface area contributed by atoms with Gasteiger partial charge in [0.25, 0.3) is 5.78 Å². The summed E-state index contributed by atoms with van der Waals surface area (Å²) < 4.78 is 5.48. The fraction of sp³-hybridized carbons (Fsp3) is 0.182. The van der Waals surface area contributed by atoms with Gasteiger partial charge in [0, 0.05) is 5.92 Å². The number of fused-ring (bicyclic) bond motifs is 3. The van der Waals surface area contributed by atoms with Gasteiger partial charge in [-0.2, -0.15) is 0 Å². The van der Waals surface area contributed by atoms with Crippen molar-refractivity contribution in [3.8, 4) is 22.3 Å². The normalized spacial score (nSPS) is 13.7. The lowest BCUT2D eigenvalue weighted by Crippen LogP contribution is -2.39. The number of carbonyl (C=O) groups is 3. The van der Waals surface area contributed by atoms with Crippen molar-refractivity contribution in [1.82, 2.24) is 0 Å². The molecule has 0 heterocycles. The number of esters is 1. The van der Waals surface area contributed by atoms with Crippen molar-refractivity contribution < 1.29 is 19.1 Å². The molecule has 2 atom stereocenters. The van der Waals surface area contributed by atoms with E-state index in [9.17, 15) is 14.4 Å². The second kappa shape index (κ2) is 11.6. The fourth-order valence-corrected chi connectivity index (χ4v) is 5.15. The minimum Gasteiger partial charge on any atom is -0.459 e. The fourth-order valence-electron chi connectivity index (χ4n) is 5.15. The summed E-state index contributed by atoms with van der Waals surface area (Å²) >= 11 is 0. The number of Topliss-reactive ketones (excluding diaryl/α,β-unsaturated/α-hetero) is 1. The predicted octanol–water partition coefficient (Wildman–Crippen LogP) is 4.22. The maximum atomic E-state index is 12.7. The molecular formula is C33H30N2O4. The van der Waals surface area contributed by atoms with E-state index in [2.05, 4.69) is 12.1 Å². The number of hydrogen-bond acceptors (Lipinski definition) is 6. The molecule has 0 saturated carbocycles. The summed E-state index contributed by atoms with van der Waals surface area (Å²) in [6.45, 7) is 0.0832. The molecular weight excluding hydrogens is 488 g/mol. The van der Waals surface area contributed by atoms with Crippen LogP contribution in [-0.2, 0) is 32.0 Å². The Labute approximate surface area is 227 Å². The Morgan fingerprint density at radius 1 is 0.718 bits per heavy atom. The lowest BCUT2D eigenvalue weighted by molar-refractivity contribution is -0.154. The van der Waals surface area contributed by atoms with E-state index >= 15 is 0 Å². The van der Waals surface area contributed by atoms with Gasteiger partial charge in [0.2, 0.25) is 0 Å². The molecule has 5 rings (SSSR count). The summed E-state index contributed by atoms with van der Waals surface area (Å²) in [7, 11) is 0. The summed E-state index contributed by atoms with van der Waals surface area (Å²) in [5.41, 5.74) is 20.1. The molecule has 6 heteroatoms. The van der Waals surface area contributed by atoms with Crippen molar-refractivity contribution in [2.45, 2.75) is 30.8 Å². The molecule has 1 aliphatic rings. The number of ketones is 1. The van der Waals surface area contributed by atoms with E-state index in [0.29, 0.717) is 6.42 Å². The van der Waals surface area contributed by atoms with Crippen LogP contribution in [0.4, 0.5) is 0 Å². The Morgan fingerprint density at radius 3 is 1.72 bits per heavy atom. The van der Waals surface area contributed by atoms with Gasteiger partial charge in [-0.05, 0) is 57.3 Å². The Balaban J connectivity index is 1.17. The Kier molecular flexibility index (Phi) is 7.77. The molecule has 0 fully saturated rings. The molecule has 0 amide bonds. The molecule has 39 heavy (non-hydrogen) atoms. The molecule has 1 aliphatic carbocycles. The number of rotatable bonds is 10. The first-order valence-corrected chi connectivity index (χ1v) is 13.0. The summed E-state index contributed by atoms with van der Waals surface area (Å²) in [4.78, 5) is 36.1. The van der Waals surface area contributed by atoms with Crippen molar-refractivity contribution in [1.29, 1.82) is 0 Å². The summed E-state index contributed by atoms with van der Waals surface area (Å²) in [6.07, 6.45) is 1.47. The van der Waals surface area contributed by atoms with Crippen LogP contribution in [0, 0.1) is 0 Å². The first-order valence-electron chi connectivity index (χ1n) is 13.0. The number of ether oxygens (including phenoxy) is 1. The number of hydrogen-bond donors (Lipinski definition) is 2. The zero-order valence-corrected chi connectivity index (χ0v) is 21.5. The van der Waals surface area contributed by atoms with Crippen molar-refractivity contribution in [3.63, 3.8) is 0 Å². The Hall–Kier alpha value is -4.39. The van der Waals surface area contributed by atoms with Crippen LogP contribution in [-0.4, -0.2) is 36.7 Å². The molecule has 4 aromatic carbocycles. The highest BCUT2D eigenvalue weighted by Crippen LogP contribution is 2.44. The van der Waals surface area contributed by atoms with Gasteiger partial charge >= 0.3 is 5.97 Å². The van der Waals surface area contributed by atoms with Crippen molar-refractivity contribution in [2.75, 3.05) is 6.61 Å². The maximum Gasteiger partial charge on any atom is 0.376 e. The number of carbonyl (C=O) groups excluding carboxylic acids is 3. The topological polar surface area (TPSA) is 112 Å². The lowest BCUT2D eigenvalue weighted by Gasteiger charge is -2.15. The molecule has 0 bridgehead atoms. The predicted molar refractivity (Wildman–Crippen MR) is 151 cm³/mol. The van der Waals surface area contributed by atoms with Gasteiger partial charge in [0.05, 0.1) is 12.1 Å². The summed E-state index contributed by atoms with van der Waals surface area (Å²) in [5, 5.41) is 0. The molecule has 0 radical (unpaired) electrons. The summed E-state index contributed by atoms with van der Waals surface area (Å²) in [5.74, 6) is -1.76. The zero-order valence-electron chi connectivity index (χ0n) is 21.5. The molecule has 4 aromatic rings. The van der Waals surface area contributed by atoms with Gasteiger partial charge in [-0.3, -0.25) is 4.79 Å². The number of nitrogens with two attached hydrogens (primary N) is 2. The van der Waals surface area contributed by atoms with Crippen LogP contribution in [0.2, 0.25) is 0 Å². The second-order valence-corrected chi connectivity index (χ2v) is 9.90. The zero-order chi connectivity index (χ0) is 27.4. The van der Waals surface area contributed by atoms with Crippen LogP contribution in [0.1, 0.15) is 28.2 Å². The van der Waals surface area contributed by atoms with Crippen molar-refractivity contribution in [2.24, 2.45) is 11.5 Å².